The molecule has 0 aromatic heterocycles. The first-order chi connectivity index (χ1) is 10.1. The van der Waals surface area contributed by atoms with E-state index in [1.54, 1.807) is 0 Å². The summed E-state index contributed by atoms with van der Waals surface area (Å²) in [5.74, 6) is 0.558. The van der Waals surface area contributed by atoms with Crippen LogP contribution in [0.4, 0.5) is 4.39 Å². The van der Waals surface area contributed by atoms with Crippen LogP contribution >= 0.6 is 0 Å². The van der Waals surface area contributed by atoms with Crippen LogP contribution in [0.1, 0.15) is 50.2 Å². The molecule has 1 aromatic rings. The van der Waals surface area contributed by atoms with Gasteiger partial charge >= 0.3 is 0 Å². The highest BCUT2D eigenvalue weighted by Crippen LogP contribution is 2.24. The highest BCUT2D eigenvalue weighted by Gasteiger charge is 2.22. The van der Waals surface area contributed by atoms with Crippen LogP contribution in [0.2, 0.25) is 0 Å². The summed E-state index contributed by atoms with van der Waals surface area (Å²) in [6.07, 6.45) is 5.02. The van der Waals surface area contributed by atoms with Gasteiger partial charge in [0.1, 0.15) is 5.82 Å². The average molecular weight is 292 g/mol. The Labute approximate surface area is 126 Å². The number of likely N-dealkylation sites (tertiary alicyclic amines) is 1. The van der Waals surface area contributed by atoms with Gasteiger partial charge in [0, 0.05) is 26.1 Å². The lowest BCUT2D eigenvalue weighted by Crippen LogP contribution is -2.29. The van der Waals surface area contributed by atoms with Gasteiger partial charge in [-0.1, -0.05) is 25.8 Å². The zero-order valence-electron chi connectivity index (χ0n) is 12.8. The summed E-state index contributed by atoms with van der Waals surface area (Å²) < 4.78 is 13.5. The molecule has 0 radical (unpaired) electrons. The Hall–Kier alpha value is -1.42. The van der Waals surface area contributed by atoms with Gasteiger partial charge in [-0.25, -0.2) is 4.39 Å². The minimum absolute atomic E-state index is 0.187. The fourth-order valence-corrected chi connectivity index (χ4v) is 3.10. The van der Waals surface area contributed by atoms with Gasteiger partial charge in [0.25, 0.3) is 0 Å². The van der Waals surface area contributed by atoms with E-state index in [-0.39, 0.29) is 11.7 Å². The summed E-state index contributed by atoms with van der Waals surface area (Å²) in [6, 6.07) is 4.84. The molecule has 116 valence electrons. The summed E-state index contributed by atoms with van der Waals surface area (Å²) in [5.41, 5.74) is 7.18. The Morgan fingerprint density at radius 2 is 2.05 bits per heavy atom. The van der Waals surface area contributed by atoms with Gasteiger partial charge < -0.3 is 10.6 Å². The van der Waals surface area contributed by atoms with E-state index in [0.29, 0.717) is 25.4 Å². The topological polar surface area (TPSA) is 46.3 Å². The van der Waals surface area contributed by atoms with Crippen LogP contribution in [0.15, 0.2) is 18.2 Å². The molecule has 21 heavy (non-hydrogen) atoms. The molecule has 1 aromatic carbocycles. The van der Waals surface area contributed by atoms with Gasteiger partial charge in [0.05, 0.1) is 0 Å². The molecular weight excluding hydrogens is 267 g/mol. The van der Waals surface area contributed by atoms with Crippen molar-refractivity contribution in [3.05, 3.63) is 35.1 Å². The molecule has 0 saturated carbocycles. The largest absolute Gasteiger partial charge is 0.338 e. The lowest BCUT2D eigenvalue weighted by atomic mass is 9.96. The zero-order valence-corrected chi connectivity index (χ0v) is 12.8. The van der Waals surface area contributed by atoms with Gasteiger partial charge in [0.2, 0.25) is 5.91 Å². The molecule has 0 bridgehead atoms. The Kier molecular flexibility index (Phi) is 5.74. The summed E-state index contributed by atoms with van der Waals surface area (Å²) in [4.78, 5) is 14.1. The molecule has 1 amide bonds. The second-order valence-electron chi connectivity index (χ2n) is 5.97. The normalized spacial score (nSPS) is 19.7. The average Bonchev–Trinajstić information content (AvgIpc) is 2.63. The standard InChI is InChI=1S/C17H25FN2O/c1-2-3-13-4-5-17(21)20(7-6-13)12-15-8-14(11-19)9-16(18)10-15/h8-10,13H,2-7,11-12,19H2,1H3. The molecule has 1 aliphatic heterocycles. The minimum Gasteiger partial charge on any atom is -0.338 e. The number of rotatable bonds is 5. The second kappa shape index (κ2) is 7.55. The van der Waals surface area contributed by atoms with E-state index in [4.69, 9.17) is 5.73 Å². The molecule has 1 aliphatic rings. The van der Waals surface area contributed by atoms with E-state index in [1.165, 1.54) is 25.0 Å². The fraction of sp³-hybridized carbons (Fsp3) is 0.588. The quantitative estimate of drug-likeness (QED) is 0.905. The number of benzene rings is 1. The SMILES string of the molecule is CCCC1CCC(=O)N(Cc2cc(F)cc(CN)c2)CC1. The van der Waals surface area contributed by atoms with E-state index in [0.717, 1.165) is 30.5 Å². The highest BCUT2D eigenvalue weighted by atomic mass is 19.1. The minimum atomic E-state index is -0.279. The predicted molar refractivity (Wildman–Crippen MR) is 82.0 cm³/mol. The van der Waals surface area contributed by atoms with E-state index < -0.39 is 0 Å². The number of nitrogens with zero attached hydrogens (tertiary/aromatic N) is 1. The van der Waals surface area contributed by atoms with Crippen LogP contribution in [0.25, 0.3) is 0 Å². The Balaban J connectivity index is 2.04. The maximum Gasteiger partial charge on any atom is 0.222 e. The Morgan fingerprint density at radius 1 is 1.29 bits per heavy atom. The maximum absolute atomic E-state index is 13.5. The molecule has 0 aliphatic carbocycles. The summed E-state index contributed by atoms with van der Waals surface area (Å²) in [6.45, 7) is 3.77. The van der Waals surface area contributed by atoms with Crippen LogP contribution in [0, 0.1) is 11.7 Å². The van der Waals surface area contributed by atoms with Crippen molar-refractivity contribution < 1.29 is 9.18 Å². The molecule has 1 atom stereocenters. The van der Waals surface area contributed by atoms with Gasteiger partial charge in [-0.15, -0.1) is 0 Å². The fourth-order valence-electron chi connectivity index (χ4n) is 3.10. The van der Waals surface area contributed by atoms with Crippen molar-refractivity contribution in [2.45, 2.75) is 52.1 Å². The number of nitrogens with two attached hydrogens (primary N) is 1. The maximum atomic E-state index is 13.5. The molecule has 2 rings (SSSR count). The molecule has 3 nitrogen and oxygen atoms in total. The van der Waals surface area contributed by atoms with E-state index in [9.17, 15) is 9.18 Å². The smallest absolute Gasteiger partial charge is 0.222 e. The van der Waals surface area contributed by atoms with Crippen LogP contribution in [-0.4, -0.2) is 17.4 Å². The van der Waals surface area contributed by atoms with E-state index in [1.807, 2.05) is 11.0 Å². The van der Waals surface area contributed by atoms with Crippen molar-refractivity contribution in [3.8, 4) is 0 Å². The Morgan fingerprint density at radius 3 is 2.76 bits per heavy atom. The third kappa shape index (κ3) is 4.53. The number of carbonyl (C=O) groups excluding carboxylic acids is 1. The molecule has 1 heterocycles. The second-order valence-corrected chi connectivity index (χ2v) is 5.97. The number of hydrogen-bond donors (Lipinski definition) is 1. The summed E-state index contributed by atoms with van der Waals surface area (Å²) in [5, 5.41) is 0. The third-order valence-electron chi connectivity index (χ3n) is 4.25. The van der Waals surface area contributed by atoms with Crippen molar-refractivity contribution in [2.24, 2.45) is 11.7 Å². The van der Waals surface area contributed by atoms with Gasteiger partial charge in [-0.05, 0) is 42.0 Å². The van der Waals surface area contributed by atoms with E-state index >= 15 is 0 Å². The molecule has 1 unspecified atom stereocenters. The van der Waals surface area contributed by atoms with Crippen molar-refractivity contribution in [2.75, 3.05) is 6.54 Å². The van der Waals surface area contributed by atoms with Crippen LogP contribution in [0.5, 0.6) is 0 Å². The molecular formula is C17H25FN2O. The van der Waals surface area contributed by atoms with Crippen molar-refractivity contribution >= 4 is 5.91 Å². The number of carbonyl (C=O) groups is 1. The molecule has 0 spiro atoms. The summed E-state index contributed by atoms with van der Waals surface area (Å²) in [7, 11) is 0. The van der Waals surface area contributed by atoms with Crippen molar-refractivity contribution in [1.29, 1.82) is 0 Å². The first-order valence-corrected chi connectivity index (χ1v) is 7.88. The zero-order chi connectivity index (χ0) is 15.2. The molecule has 2 N–H and O–H groups in total. The monoisotopic (exact) mass is 292 g/mol. The number of halogens is 1. The lowest BCUT2D eigenvalue weighted by Gasteiger charge is -2.21. The van der Waals surface area contributed by atoms with Gasteiger partial charge in [-0.2, -0.15) is 0 Å². The number of amides is 1. The highest BCUT2D eigenvalue weighted by molar-refractivity contribution is 5.76. The van der Waals surface area contributed by atoms with Crippen molar-refractivity contribution in [3.63, 3.8) is 0 Å². The molecule has 1 saturated heterocycles. The van der Waals surface area contributed by atoms with Gasteiger partial charge in [-0.3, -0.25) is 4.79 Å². The first-order valence-electron chi connectivity index (χ1n) is 7.88. The first kappa shape index (κ1) is 16.0. The van der Waals surface area contributed by atoms with Crippen LogP contribution < -0.4 is 5.73 Å². The van der Waals surface area contributed by atoms with Crippen LogP contribution in [0.3, 0.4) is 0 Å². The van der Waals surface area contributed by atoms with Crippen molar-refractivity contribution in [1.82, 2.24) is 4.90 Å². The Bertz CT molecular complexity index is 490. The predicted octanol–water partition coefficient (Wildman–Crippen LogP) is 3.21. The summed E-state index contributed by atoms with van der Waals surface area (Å²) >= 11 is 0. The third-order valence-corrected chi connectivity index (χ3v) is 4.25. The molecule has 4 heteroatoms. The lowest BCUT2D eigenvalue weighted by molar-refractivity contribution is -0.131. The van der Waals surface area contributed by atoms with E-state index in [2.05, 4.69) is 6.92 Å². The van der Waals surface area contributed by atoms with Crippen LogP contribution in [-0.2, 0) is 17.9 Å². The molecule has 1 fully saturated rings. The number of hydrogen-bond acceptors (Lipinski definition) is 2. The van der Waals surface area contributed by atoms with Gasteiger partial charge in [0.15, 0.2) is 0 Å².